The molecule has 11 heteroatoms. The van der Waals surface area contributed by atoms with Crippen LogP contribution in [0.15, 0.2) is 45.1 Å². The van der Waals surface area contributed by atoms with E-state index in [1.54, 1.807) is 24.3 Å². The largest absolute Gasteiger partial charge is 0.471 e. The van der Waals surface area contributed by atoms with E-state index < -0.39 is 22.1 Å². The van der Waals surface area contributed by atoms with Crippen molar-refractivity contribution >= 4 is 21.4 Å². The fourth-order valence-corrected chi connectivity index (χ4v) is 5.59. The van der Waals surface area contributed by atoms with Crippen LogP contribution in [0, 0.1) is 6.92 Å². The standard InChI is InChI=1S/C18H18F3N3O3S2/c1-3-10-24(29(25,26)15-9-4-12(2)28-15)11-13-5-7-14(8-6-13)16-22-17(27-23-16)18(19,20)21/h4-9H,3,10-11H2,1-2H3. The number of aryl methyl sites for hydroxylation is 1. The number of hydrogen-bond acceptors (Lipinski definition) is 6. The van der Waals surface area contributed by atoms with Gasteiger partial charge in [-0.3, -0.25) is 0 Å². The van der Waals surface area contributed by atoms with Crippen molar-refractivity contribution in [2.45, 2.75) is 37.2 Å². The molecule has 0 amide bonds. The smallest absolute Gasteiger partial charge is 0.329 e. The van der Waals surface area contributed by atoms with Crippen molar-refractivity contribution < 1.29 is 26.1 Å². The molecular weight excluding hydrogens is 427 g/mol. The molecule has 2 heterocycles. The Morgan fingerprint density at radius 3 is 2.34 bits per heavy atom. The molecule has 1 aromatic carbocycles. The summed E-state index contributed by atoms with van der Waals surface area (Å²) in [5.41, 5.74) is 1.03. The Morgan fingerprint density at radius 1 is 1.14 bits per heavy atom. The van der Waals surface area contributed by atoms with Gasteiger partial charge in [-0.1, -0.05) is 36.3 Å². The first-order valence-electron chi connectivity index (χ1n) is 8.68. The second-order valence-corrected chi connectivity index (χ2v) is 9.77. The van der Waals surface area contributed by atoms with Gasteiger partial charge in [0.1, 0.15) is 4.21 Å². The van der Waals surface area contributed by atoms with Gasteiger partial charge in [0.25, 0.3) is 10.0 Å². The zero-order chi connectivity index (χ0) is 21.2. The lowest BCUT2D eigenvalue weighted by molar-refractivity contribution is -0.159. The zero-order valence-corrected chi connectivity index (χ0v) is 17.2. The minimum absolute atomic E-state index is 0.146. The highest BCUT2D eigenvalue weighted by atomic mass is 32.2. The number of aromatic nitrogens is 2. The van der Waals surface area contributed by atoms with Gasteiger partial charge >= 0.3 is 12.1 Å². The molecule has 0 aliphatic heterocycles. The molecule has 0 N–H and O–H groups in total. The molecule has 0 saturated carbocycles. The van der Waals surface area contributed by atoms with Crippen LogP contribution >= 0.6 is 11.3 Å². The molecule has 0 fully saturated rings. The maximum absolute atomic E-state index is 12.9. The van der Waals surface area contributed by atoms with Crippen molar-refractivity contribution in [3.63, 3.8) is 0 Å². The minimum atomic E-state index is -4.71. The van der Waals surface area contributed by atoms with Crippen molar-refractivity contribution in [3.05, 3.63) is 52.7 Å². The van der Waals surface area contributed by atoms with Gasteiger partial charge in [-0.2, -0.15) is 22.5 Å². The Labute approximate surface area is 170 Å². The summed E-state index contributed by atoms with van der Waals surface area (Å²) in [7, 11) is -3.63. The first kappa shape index (κ1) is 21.5. The quantitative estimate of drug-likeness (QED) is 0.526. The SMILES string of the molecule is CCCN(Cc1ccc(-c2noc(C(F)(F)F)n2)cc1)S(=O)(=O)c1ccc(C)s1. The molecule has 0 saturated heterocycles. The number of sulfonamides is 1. The number of rotatable bonds is 7. The highest BCUT2D eigenvalue weighted by Crippen LogP contribution is 2.30. The number of nitrogens with zero attached hydrogens (tertiary/aromatic N) is 3. The van der Waals surface area contributed by atoms with Crippen LogP contribution in [0.5, 0.6) is 0 Å². The molecule has 29 heavy (non-hydrogen) atoms. The molecule has 0 aliphatic carbocycles. The van der Waals surface area contributed by atoms with Crippen LogP contribution in [-0.4, -0.2) is 29.4 Å². The fourth-order valence-electron chi connectivity index (χ4n) is 2.63. The average Bonchev–Trinajstić information content (AvgIpc) is 3.31. The van der Waals surface area contributed by atoms with Crippen molar-refractivity contribution in [1.82, 2.24) is 14.4 Å². The monoisotopic (exact) mass is 445 g/mol. The van der Waals surface area contributed by atoms with E-state index in [-0.39, 0.29) is 16.6 Å². The van der Waals surface area contributed by atoms with E-state index in [1.165, 1.54) is 27.8 Å². The number of benzene rings is 1. The van der Waals surface area contributed by atoms with Crippen LogP contribution in [-0.2, 0) is 22.7 Å². The molecule has 156 valence electrons. The van der Waals surface area contributed by atoms with Crippen molar-refractivity contribution in [2.24, 2.45) is 0 Å². The van der Waals surface area contributed by atoms with Gasteiger partial charge < -0.3 is 4.52 Å². The summed E-state index contributed by atoms with van der Waals surface area (Å²) in [4.78, 5) is 4.25. The predicted molar refractivity (Wildman–Crippen MR) is 102 cm³/mol. The molecule has 6 nitrogen and oxygen atoms in total. The summed E-state index contributed by atoms with van der Waals surface area (Å²) in [6.07, 6.45) is -4.06. The van der Waals surface area contributed by atoms with E-state index in [1.807, 2.05) is 13.8 Å². The molecule has 3 rings (SSSR count). The van der Waals surface area contributed by atoms with Crippen molar-refractivity contribution in [3.8, 4) is 11.4 Å². The first-order valence-corrected chi connectivity index (χ1v) is 10.9. The van der Waals surface area contributed by atoms with Crippen molar-refractivity contribution in [2.75, 3.05) is 6.54 Å². The lowest BCUT2D eigenvalue weighted by atomic mass is 10.1. The van der Waals surface area contributed by atoms with Crippen LogP contribution in [0.4, 0.5) is 13.2 Å². The average molecular weight is 445 g/mol. The molecule has 0 unspecified atom stereocenters. The Kier molecular flexibility index (Phi) is 6.11. The lowest BCUT2D eigenvalue weighted by Gasteiger charge is -2.21. The van der Waals surface area contributed by atoms with E-state index in [4.69, 9.17) is 0 Å². The lowest BCUT2D eigenvalue weighted by Crippen LogP contribution is -2.30. The van der Waals surface area contributed by atoms with Gasteiger partial charge in [-0.15, -0.1) is 11.3 Å². The second kappa shape index (κ2) is 8.25. The van der Waals surface area contributed by atoms with Gasteiger partial charge in [-0.25, -0.2) is 8.42 Å². The summed E-state index contributed by atoms with van der Waals surface area (Å²) in [5.74, 6) is -1.60. The van der Waals surface area contributed by atoms with Crippen LogP contribution < -0.4 is 0 Å². The van der Waals surface area contributed by atoms with Gasteiger partial charge in [0.05, 0.1) is 0 Å². The van der Waals surface area contributed by atoms with Gasteiger partial charge in [0, 0.05) is 23.5 Å². The number of hydrogen-bond donors (Lipinski definition) is 0. The molecule has 0 atom stereocenters. The summed E-state index contributed by atoms with van der Waals surface area (Å²) in [5, 5.41) is 3.34. The molecule has 2 aromatic heterocycles. The molecule has 0 radical (unpaired) electrons. The number of alkyl halides is 3. The molecule has 0 spiro atoms. The maximum Gasteiger partial charge on any atom is 0.471 e. The third-order valence-electron chi connectivity index (χ3n) is 4.02. The number of thiophene rings is 1. The van der Waals surface area contributed by atoms with E-state index in [0.717, 1.165) is 4.88 Å². The predicted octanol–water partition coefficient (Wildman–Crippen LogP) is 4.73. The van der Waals surface area contributed by atoms with E-state index in [9.17, 15) is 21.6 Å². The summed E-state index contributed by atoms with van der Waals surface area (Å²) in [6, 6.07) is 9.69. The van der Waals surface area contributed by atoms with E-state index in [2.05, 4.69) is 14.7 Å². The third-order valence-corrected chi connectivity index (χ3v) is 7.34. The maximum atomic E-state index is 12.9. The minimum Gasteiger partial charge on any atom is -0.329 e. The van der Waals surface area contributed by atoms with E-state index >= 15 is 0 Å². The summed E-state index contributed by atoms with van der Waals surface area (Å²) >= 11 is 1.21. The van der Waals surface area contributed by atoms with Gasteiger partial charge in [0.2, 0.25) is 5.82 Å². The molecule has 0 bridgehead atoms. The Balaban J connectivity index is 1.80. The number of halogens is 3. The summed E-state index contributed by atoms with van der Waals surface area (Å²) in [6.45, 7) is 4.22. The van der Waals surface area contributed by atoms with Crippen LogP contribution in [0.3, 0.4) is 0 Å². The normalized spacial score (nSPS) is 12.6. The van der Waals surface area contributed by atoms with Crippen LogP contribution in [0.25, 0.3) is 11.4 Å². The van der Waals surface area contributed by atoms with E-state index in [0.29, 0.717) is 24.1 Å². The fraction of sp³-hybridized carbons (Fsp3) is 0.333. The Bertz CT molecular complexity index is 1070. The third kappa shape index (κ3) is 4.85. The topological polar surface area (TPSA) is 76.3 Å². The van der Waals surface area contributed by atoms with Crippen LogP contribution in [0.1, 0.15) is 29.7 Å². The van der Waals surface area contributed by atoms with Crippen LogP contribution in [0.2, 0.25) is 0 Å². The zero-order valence-electron chi connectivity index (χ0n) is 15.6. The second-order valence-electron chi connectivity index (χ2n) is 6.32. The Hall–Kier alpha value is -2.24. The summed E-state index contributed by atoms with van der Waals surface area (Å²) < 4.78 is 69.5. The first-order chi connectivity index (χ1) is 13.6. The van der Waals surface area contributed by atoms with Gasteiger partial charge in [0.15, 0.2) is 0 Å². The highest BCUT2D eigenvalue weighted by Gasteiger charge is 2.38. The molecular formula is C18H18F3N3O3S2. The van der Waals surface area contributed by atoms with Crippen molar-refractivity contribution in [1.29, 1.82) is 0 Å². The molecule has 3 aromatic rings. The molecule has 0 aliphatic rings. The van der Waals surface area contributed by atoms with Gasteiger partial charge in [-0.05, 0) is 31.0 Å². The Morgan fingerprint density at radius 2 is 1.83 bits per heavy atom. The highest BCUT2D eigenvalue weighted by molar-refractivity contribution is 7.91.